The quantitative estimate of drug-likeness (QED) is 0.682. The van der Waals surface area contributed by atoms with E-state index < -0.39 is 27.5 Å². The predicted octanol–water partition coefficient (Wildman–Crippen LogP) is 5.17. The van der Waals surface area contributed by atoms with Crippen molar-refractivity contribution in [3.05, 3.63) is 84.4 Å². The highest BCUT2D eigenvalue weighted by atomic mass is 32.2. The normalized spacial score (nSPS) is 12.0. The van der Waals surface area contributed by atoms with Gasteiger partial charge in [-0.15, -0.1) is 0 Å². The smallest absolute Gasteiger partial charge is 0.279 e. The third-order valence-corrected chi connectivity index (χ3v) is 5.13. The molecule has 3 aromatic rings. The first kappa shape index (κ1) is 18.0. The molecule has 0 fully saturated rings. The highest BCUT2D eigenvalue weighted by Crippen LogP contribution is 2.35. The molecule has 0 aliphatic rings. The van der Waals surface area contributed by atoms with Crippen molar-refractivity contribution in [1.29, 1.82) is 0 Å². The molecule has 3 aromatic carbocycles. The number of anilines is 1. The zero-order valence-electron chi connectivity index (χ0n) is 13.4. The minimum absolute atomic E-state index is 0.117. The average Bonchev–Trinajstić information content (AvgIpc) is 2.62. The fraction of sp³-hybridized carbons (Fsp3) is 0.0526. The average molecular weight is 377 g/mol. The number of halogens is 3. The minimum Gasteiger partial charge on any atom is -0.279 e. The number of hydrogen-bond donors (Lipinski definition) is 1. The number of rotatable bonds is 4. The molecule has 1 N–H and O–H groups in total. The zero-order valence-corrected chi connectivity index (χ0v) is 14.2. The van der Waals surface area contributed by atoms with Gasteiger partial charge in [0.1, 0.15) is 0 Å². The molecule has 0 heterocycles. The van der Waals surface area contributed by atoms with E-state index in [4.69, 9.17) is 0 Å². The van der Waals surface area contributed by atoms with Crippen LogP contribution >= 0.6 is 0 Å². The number of para-hydroxylation sites is 1. The summed E-state index contributed by atoms with van der Waals surface area (Å²) in [6, 6.07) is 19.7. The second kappa shape index (κ2) is 6.84. The Morgan fingerprint density at radius 1 is 0.692 bits per heavy atom. The van der Waals surface area contributed by atoms with Gasteiger partial charge >= 0.3 is 6.18 Å². The van der Waals surface area contributed by atoms with E-state index in [1.54, 1.807) is 12.1 Å². The molecule has 0 unspecified atom stereocenters. The van der Waals surface area contributed by atoms with E-state index in [2.05, 4.69) is 0 Å². The van der Waals surface area contributed by atoms with E-state index in [1.807, 2.05) is 35.1 Å². The Morgan fingerprint density at radius 2 is 1.23 bits per heavy atom. The third kappa shape index (κ3) is 3.88. The van der Waals surface area contributed by atoms with Crippen molar-refractivity contribution in [1.82, 2.24) is 0 Å². The molecule has 0 saturated heterocycles. The summed E-state index contributed by atoms with van der Waals surface area (Å²) in [6.07, 6.45) is -4.66. The lowest BCUT2D eigenvalue weighted by molar-refractivity contribution is -0.136. The molecule has 3 rings (SSSR count). The van der Waals surface area contributed by atoms with Crippen LogP contribution in [0.2, 0.25) is 0 Å². The van der Waals surface area contributed by atoms with Crippen molar-refractivity contribution in [2.24, 2.45) is 0 Å². The molecule has 0 radical (unpaired) electrons. The Bertz CT molecular complexity index is 999. The molecule has 0 bridgehead atoms. The Kier molecular flexibility index (Phi) is 4.73. The van der Waals surface area contributed by atoms with Gasteiger partial charge in [0.25, 0.3) is 10.0 Å². The van der Waals surface area contributed by atoms with E-state index in [9.17, 15) is 21.6 Å². The van der Waals surface area contributed by atoms with Crippen molar-refractivity contribution in [3.63, 3.8) is 0 Å². The number of benzene rings is 3. The maximum Gasteiger partial charge on any atom is 0.418 e. The molecule has 134 valence electrons. The maximum atomic E-state index is 13.0. The molecule has 0 aliphatic heterocycles. The Balaban J connectivity index is 1.90. The van der Waals surface area contributed by atoms with Crippen LogP contribution in [0.4, 0.5) is 18.9 Å². The molecule has 0 aliphatic carbocycles. The fourth-order valence-corrected chi connectivity index (χ4v) is 3.56. The Hall–Kier alpha value is -2.80. The molecule has 0 aromatic heterocycles. The van der Waals surface area contributed by atoms with E-state index in [-0.39, 0.29) is 4.90 Å². The van der Waals surface area contributed by atoms with Gasteiger partial charge in [-0.25, -0.2) is 8.42 Å². The van der Waals surface area contributed by atoms with Gasteiger partial charge in [0.15, 0.2) is 0 Å². The SMILES string of the molecule is O=S(=O)(Nc1ccccc1C(F)(F)F)c1ccc(-c2ccccc2)cc1. The summed E-state index contributed by atoms with van der Waals surface area (Å²) in [5, 5.41) is 0. The predicted molar refractivity (Wildman–Crippen MR) is 94.1 cm³/mol. The van der Waals surface area contributed by atoms with Crippen LogP contribution in [-0.4, -0.2) is 8.42 Å². The second-order valence-corrected chi connectivity index (χ2v) is 7.22. The van der Waals surface area contributed by atoms with Crippen LogP contribution in [0.1, 0.15) is 5.56 Å². The zero-order chi connectivity index (χ0) is 18.8. The van der Waals surface area contributed by atoms with Crippen LogP contribution in [0.15, 0.2) is 83.8 Å². The molecule has 7 heteroatoms. The lowest BCUT2D eigenvalue weighted by Crippen LogP contribution is -2.17. The van der Waals surface area contributed by atoms with E-state index in [0.717, 1.165) is 23.3 Å². The van der Waals surface area contributed by atoms with Crippen LogP contribution in [0.5, 0.6) is 0 Å². The van der Waals surface area contributed by atoms with E-state index in [0.29, 0.717) is 0 Å². The van der Waals surface area contributed by atoms with E-state index in [1.165, 1.54) is 24.3 Å². The molecule has 0 amide bonds. The molecule has 0 atom stereocenters. The van der Waals surface area contributed by atoms with Crippen LogP contribution in [0.3, 0.4) is 0 Å². The van der Waals surface area contributed by atoms with Crippen molar-refractivity contribution in [2.75, 3.05) is 4.72 Å². The molecule has 3 nitrogen and oxygen atoms in total. The Morgan fingerprint density at radius 3 is 1.85 bits per heavy atom. The van der Waals surface area contributed by atoms with Crippen molar-refractivity contribution in [3.8, 4) is 11.1 Å². The van der Waals surface area contributed by atoms with Crippen LogP contribution < -0.4 is 4.72 Å². The number of sulfonamides is 1. The summed E-state index contributed by atoms with van der Waals surface area (Å²) in [7, 11) is -4.15. The summed E-state index contributed by atoms with van der Waals surface area (Å²) >= 11 is 0. The number of nitrogens with one attached hydrogen (secondary N) is 1. The van der Waals surface area contributed by atoms with Gasteiger partial charge in [-0.3, -0.25) is 4.72 Å². The number of hydrogen-bond acceptors (Lipinski definition) is 2. The summed E-state index contributed by atoms with van der Waals surface area (Å²) in [4.78, 5) is -0.117. The minimum atomic E-state index is -4.66. The molecule has 0 saturated carbocycles. The lowest BCUT2D eigenvalue weighted by atomic mass is 10.1. The fourth-order valence-electron chi connectivity index (χ4n) is 2.48. The van der Waals surface area contributed by atoms with Gasteiger partial charge in [-0.2, -0.15) is 13.2 Å². The van der Waals surface area contributed by atoms with Crippen LogP contribution in [-0.2, 0) is 16.2 Å². The van der Waals surface area contributed by atoms with Crippen LogP contribution in [0, 0.1) is 0 Å². The second-order valence-electron chi connectivity index (χ2n) is 5.54. The molecular formula is C19H14F3NO2S. The number of alkyl halides is 3. The molecule has 0 spiro atoms. The van der Waals surface area contributed by atoms with Gasteiger partial charge in [-0.1, -0.05) is 54.6 Å². The van der Waals surface area contributed by atoms with E-state index >= 15 is 0 Å². The first-order valence-electron chi connectivity index (χ1n) is 7.62. The van der Waals surface area contributed by atoms with Gasteiger partial charge in [0, 0.05) is 0 Å². The maximum absolute atomic E-state index is 13.0. The van der Waals surface area contributed by atoms with Crippen molar-refractivity contribution >= 4 is 15.7 Å². The molecule has 26 heavy (non-hydrogen) atoms. The summed E-state index contributed by atoms with van der Waals surface area (Å²) in [5.41, 5.74) is 0.170. The van der Waals surface area contributed by atoms with Crippen LogP contribution in [0.25, 0.3) is 11.1 Å². The monoisotopic (exact) mass is 377 g/mol. The van der Waals surface area contributed by atoms with Crippen molar-refractivity contribution < 1.29 is 21.6 Å². The first-order valence-corrected chi connectivity index (χ1v) is 9.10. The van der Waals surface area contributed by atoms with Gasteiger partial charge < -0.3 is 0 Å². The summed E-state index contributed by atoms with van der Waals surface area (Å²) in [6.45, 7) is 0. The van der Waals surface area contributed by atoms with Gasteiger partial charge in [-0.05, 0) is 35.4 Å². The van der Waals surface area contributed by atoms with Gasteiger partial charge in [0.2, 0.25) is 0 Å². The summed E-state index contributed by atoms with van der Waals surface area (Å²) in [5.74, 6) is 0. The topological polar surface area (TPSA) is 46.2 Å². The third-order valence-electron chi connectivity index (χ3n) is 3.75. The Labute approximate surface area is 149 Å². The van der Waals surface area contributed by atoms with Gasteiger partial charge in [0.05, 0.1) is 16.1 Å². The lowest BCUT2D eigenvalue weighted by Gasteiger charge is -2.14. The molecular weight excluding hydrogens is 363 g/mol. The highest BCUT2D eigenvalue weighted by Gasteiger charge is 2.34. The first-order chi connectivity index (χ1) is 12.3. The van der Waals surface area contributed by atoms with Crippen molar-refractivity contribution in [2.45, 2.75) is 11.1 Å². The standard InChI is InChI=1S/C19H14F3NO2S/c20-19(21,22)17-8-4-5-9-18(17)23-26(24,25)16-12-10-15(11-13-16)14-6-2-1-3-7-14/h1-13,23H. The highest BCUT2D eigenvalue weighted by molar-refractivity contribution is 7.92. The largest absolute Gasteiger partial charge is 0.418 e. The summed E-state index contributed by atoms with van der Waals surface area (Å²) < 4.78 is 66.0.